The van der Waals surface area contributed by atoms with Crippen LogP contribution in [0.25, 0.3) is 0 Å². The fourth-order valence-electron chi connectivity index (χ4n) is 1.07. The molecule has 0 saturated heterocycles. The van der Waals surface area contributed by atoms with Crippen LogP contribution in [0.4, 0.5) is 5.82 Å². The molecule has 1 amide bonds. The van der Waals surface area contributed by atoms with Gasteiger partial charge in [-0.15, -0.1) is 0 Å². The predicted octanol–water partition coefficient (Wildman–Crippen LogP) is 1.83. The van der Waals surface area contributed by atoms with Crippen molar-refractivity contribution in [3.05, 3.63) is 22.3 Å². The molecular weight excluding hydrogens is 258 g/mol. The zero-order valence-electron chi connectivity index (χ0n) is 8.75. The van der Waals surface area contributed by atoms with Crippen molar-refractivity contribution in [1.82, 2.24) is 4.98 Å². The molecule has 0 aliphatic rings. The molecule has 1 atom stereocenters. The number of hydrogen-bond acceptors (Lipinski definition) is 3. The van der Waals surface area contributed by atoms with Crippen LogP contribution in [0, 0.1) is 6.92 Å². The summed E-state index contributed by atoms with van der Waals surface area (Å²) >= 11 is 3.31. The van der Waals surface area contributed by atoms with Gasteiger partial charge in [0.15, 0.2) is 0 Å². The van der Waals surface area contributed by atoms with Gasteiger partial charge in [0.1, 0.15) is 5.82 Å². The molecule has 0 aromatic carbocycles. The lowest BCUT2D eigenvalue weighted by Crippen LogP contribution is -2.35. The third-order valence-corrected chi connectivity index (χ3v) is 2.50. The van der Waals surface area contributed by atoms with Crippen molar-refractivity contribution < 1.29 is 4.79 Å². The maximum Gasteiger partial charge on any atom is 0.242 e. The van der Waals surface area contributed by atoms with Crippen LogP contribution in [0.2, 0.25) is 0 Å². The first kappa shape index (κ1) is 12.1. The maximum absolute atomic E-state index is 11.5. The minimum absolute atomic E-state index is 0.199. The summed E-state index contributed by atoms with van der Waals surface area (Å²) in [6.07, 6.45) is 2.25. The highest BCUT2D eigenvalue weighted by molar-refractivity contribution is 9.10. The second-order valence-electron chi connectivity index (χ2n) is 3.32. The van der Waals surface area contributed by atoms with Gasteiger partial charge in [-0.1, -0.05) is 6.92 Å². The maximum atomic E-state index is 11.5. The molecular formula is C10H14BrN3O. The Hall–Kier alpha value is -0.940. The first-order valence-corrected chi connectivity index (χ1v) is 5.52. The molecule has 0 radical (unpaired) electrons. The van der Waals surface area contributed by atoms with Gasteiger partial charge in [-0.25, -0.2) is 4.98 Å². The van der Waals surface area contributed by atoms with Crippen LogP contribution >= 0.6 is 15.9 Å². The second kappa shape index (κ2) is 5.23. The van der Waals surface area contributed by atoms with E-state index in [2.05, 4.69) is 26.2 Å². The molecule has 0 aliphatic heterocycles. The molecule has 82 valence electrons. The predicted molar refractivity (Wildman–Crippen MR) is 63.6 cm³/mol. The number of carbonyl (C=O) groups excluding carboxylic acids is 1. The first-order valence-electron chi connectivity index (χ1n) is 4.73. The average Bonchev–Trinajstić information content (AvgIpc) is 2.20. The van der Waals surface area contributed by atoms with E-state index in [0.717, 1.165) is 10.0 Å². The number of hydrogen-bond donors (Lipinski definition) is 2. The van der Waals surface area contributed by atoms with Gasteiger partial charge in [0, 0.05) is 10.7 Å². The van der Waals surface area contributed by atoms with Crippen molar-refractivity contribution in [3.63, 3.8) is 0 Å². The summed E-state index contributed by atoms with van der Waals surface area (Å²) in [6, 6.07) is 1.41. The van der Waals surface area contributed by atoms with Crippen molar-refractivity contribution >= 4 is 27.7 Å². The molecule has 0 spiro atoms. The van der Waals surface area contributed by atoms with Gasteiger partial charge in [-0.05, 0) is 40.9 Å². The minimum atomic E-state index is -0.477. The number of nitrogens with zero attached hydrogens (tertiary/aromatic N) is 1. The Morgan fingerprint density at radius 1 is 1.73 bits per heavy atom. The number of pyridine rings is 1. The highest BCUT2D eigenvalue weighted by Crippen LogP contribution is 2.16. The molecule has 0 fully saturated rings. The summed E-state index contributed by atoms with van der Waals surface area (Å²) in [5.41, 5.74) is 6.50. The quantitative estimate of drug-likeness (QED) is 0.882. The number of rotatable bonds is 3. The molecule has 15 heavy (non-hydrogen) atoms. The van der Waals surface area contributed by atoms with Crippen LogP contribution < -0.4 is 11.1 Å². The van der Waals surface area contributed by atoms with Crippen LogP contribution in [0.15, 0.2) is 16.7 Å². The lowest BCUT2D eigenvalue weighted by atomic mass is 10.2. The van der Waals surface area contributed by atoms with E-state index in [9.17, 15) is 4.79 Å². The number of carbonyl (C=O) groups is 1. The Kier molecular flexibility index (Phi) is 4.23. The van der Waals surface area contributed by atoms with Gasteiger partial charge in [-0.2, -0.15) is 0 Å². The van der Waals surface area contributed by atoms with Gasteiger partial charge in [0.25, 0.3) is 0 Å². The number of anilines is 1. The summed E-state index contributed by atoms with van der Waals surface area (Å²) in [6.45, 7) is 3.75. The number of nitrogens with two attached hydrogens (primary N) is 1. The molecule has 4 nitrogen and oxygen atoms in total. The third-order valence-electron chi connectivity index (χ3n) is 2.06. The largest absolute Gasteiger partial charge is 0.320 e. The summed E-state index contributed by atoms with van der Waals surface area (Å²) in [4.78, 5) is 15.6. The normalized spacial score (nSPS) is 12.3. The zero-order chi connectivity index (χ0) is 11.4. The lowest BCUT2D eigenvalue weighted by Gasteiger charge is -2.11. The highest BCUT2D eigenvalue weighted by atomic mass is 79.9. The van der Waals surface area contributed by atoms with Crippen molar-refractivity contribution in [2.75, 3.05) is 5.32 Å². The SMILES string of the molecule is CC[C@H](N)C(=O)Nc1ncc(Br)cc1C. The van der Waals surface area contributed by atoms with Crippen molar-refractivity contribution in [1.29, 1.82) is 0 Å². The molecule has 1 aromatic rings. The van der Waals surface area contributed by atoms with Gasteiger partial charge < -0.3 is 11.1 Å². The molecule has 1 aromatic heterocycles. The standard InChI is InChI=1S/C10H14BrN3O/c1-3-8(12)10(15)14-9-6(2)4-7(11)5-13-9/h4-5,8H,3,12H2,1-2H3,(H,13,14,15)/t8-/m0/s1. The van der Waals surface area contributed by atoms with E-state index in [4.69, 9.17) is 5.73 Å². The van der Waals surface area contributed by atoms with E-state index >= 15 is 0 Å². The fourth-order valence-corrected chi connectivity index (χ4v) is 1.51. The Morgan fingerprint density at radius 3 is 2.93 bits per heavy atom. The molecule has 1 rings (SSSR count). The van der Waals surface area contributed by atoms with E-state index < -0.39 is 6.04 Å². The van der Waals surface area contributed by atoms with Crippen molar-refractivity contribution in [3.8, 4) is 0 Å². The minimum Gasteiger partial charge on any atom is -0.320 e. The van der Waals surface area contributed by atoms with Gasteiger partial charge in [0.05, 0.1) is 6.04 Å². The molecule has 0 unspecified atom stereocenters. The Bertz CT molecular complexity index is 368. The van der Waals surface area contributed by atoms with E-state index in [0.29, 0.717) is 12.2 Å². The van der Waals surface area contributed by atoms with E-state index in [-0.39, 0.29) is 5.91 Å². The van der Waals surface area contributed by atoms with Gasteiger partial charge in [0.2, 0.25) is 5.91 Å². The average molecular weight is 272 g/mol. The molecule has 1 heterocycles. The second-order valence-corrected chi connectivity index (χ2v) is 4.24. The number of nitrogens with one attached hydrogen (secondary N) is 1. The molecule has 5 heteroatoms. The number of halogens is 1. The molecule has 0 bridgehead atoms. The Morgan fingerprint density at radius 2 is 2.40 bits per heavy atom. The van der Waals surface area contributed by atoms with Crippen LogP contribution in [-0.4, -0.2) is 16.9 Å². The van der Waals surface area contributed by atoms with E-state index in [1.807, 2.05) is 19.9 Å². The van der Waals surface area contributed by atoms with Gasteiger partial charge >= 0.3 is 0 Å². The topological polar surface area (TPSA) is 68.0 Å². The highest BCUT2D eigenvalue weighted by Gasteiger charge is 2.12. The van der Waals surface area contributed by atoms with E-state index in [1.54, 1.807) is 6.20 Å². The Balaban J connectivity index is 2.77. The van der Waals surface area contributed by atoms with Crippen molar-refractivity contribution in [2.45, 2.75) is 26.3 Å². The number of aryl methyl sites for hydroxylation is 1. The zero-order valence-corrected chi connectivity index (χ0v) is 10.3. The molecule has 3 N–H and O–H groups in total. The van der Waals surface area contributed by atoms with Crippen LogP contribution in [-0.2, 0) is 4.79 Å². The summed E-state index contributed by atoms with van der Waals surface area (Å²) in [5, 5.41) is 2.69. The van der Waals surface area contributed by atoms with Crippen LogP contribution in [0.5, 0.6) is 0 Å². The molecule has 0 saturated carbocycles. The molecule has 0 aliphatic carbocycles. The van der Waals surface area contributed by atoms with E-state index in [1.165, 1.54) is 0 Å². The van der Waals surface area contributed by atoms with Gasteiger partial charge in [-0.3, -0.25) is 4.79 Å². The smallest absolute Gasteiger partial charge is 0.242 e. The first-order chi connectivity index (χ1) is 7.04. The summed E-state index contributed by atoms with van der Waals surface area (Å²) in [7, 11) is 0. The Labute approximate surface area is 97.4 Å². The summed E-state index contributed by atoms with van der Waals surface area (Å²) < 4.78 is 0.887. The third kappa shape index (κ3) is 3.28. The number of amides is 1. The fraction of sp³-hybridized carbons (Fsp3) is 0.400. The monoisotopic (exact) mass is 271 g/mol. The van der Waals surface area contributed by atoms with Crippen LogP contribution in [0.1, 0.15) is 18.9 Å². The lowest BCUT2D eigenvalue weighted by molar-refractivity contribution is -0.117. The van der Waals surface area contributed by atoms with Crippen LogP contribution in [0.3, 0.4) is 0 Å². The number of aromatic nitrogens is 1. The van der Waals surface area contributed by atoms with Crippen molar-refractivity contribution in [2.24, 2.45) is 5.73 Å². The summed E-state index contributed by atoms with van der Waals surface area (Å²) in [5.74, 6) is 0.363.